The number of carbonyl (C=O) groups is 2. The van der Waals surface area contributed by atoms with Crippen molar-refractivity contribution in [3.8, 4) is 0 Å². The predicted molar refractivity (Wildman–Crippen MR) is 70.6 cm³/mol. The molecule has 1 rings (SSSR count). The fraction of sp³-hybridized carbons (Fsp3) is 0.385. The van der Waals surface area contributed by atoms with Crippen LogP contribution >= 0.6 is 0 Å². The second kappa shape index (κ2) is 5.53. The lowest BCUT2D eigenvalue weighted by Crippen LogP contribution is -2.27. The standard InChI is InChI=1S/C13H18N2O3/c1-9(16)14-10-7-5-6-8-11(10)15-12(17)18-13(2,3)4/h5-8H,1-4H3,(H,14,16)(H,15,17). The van der Waals surface area contributed by atoms with Crippen LogP contribution < -0.4 is 10.6 Å². The van der Waals surface area contributed by atoms with Crippen molar-refractivity contribution in [3.63, 3.8) is 0 Å². The molecular weight excluding hydrogens is 232 g/mol. The largest absolute Gasteiger partial charge is 0.444 e. The number of nitrogens with one attached hydrogen (secondary N) is 2. The van der Waals surface area contributed by atoms with Gasteiger partial charge in [0.2, 0.25) is 5.91 Å². The summed E-state index contributed by atoms with van der Waals surface area (Å²) in [6.07, 6.45) is -0.555. The zero-order valence-corrected chi connectivity index (χ0v) is 11.0. The zero-order valence-electron chi connectivity index (χ0n) is 11.0. The third-order valence-corrected chi connectivity index (χ3v) is 1.87. The average Bonchev–Trinajstić information content (AvgIpc) is 2.17. The van der Waals surface area contributed by atoms with Crippen LogP contribution in [0.4, 0.5) is 16.2 Å². The lowest BCUT2D eigenvalue weighted by atomic mass is 10.2. The number of ether oxygens (including phenoxy) is 1. The van der Waals surface area contributed by atoms with E-state index in [9.17, 15) is 9.59 Å². The molecule has 5 nitrogen and oxygen atoms in total. The minimum atomic E-state index is -0.562. The first-order valence-electron chi connectivity index (χ1n) is 5.64. The van der Waals surface area contributed by atoms with Gasteiger partial charge in [0, 0.05) is 6.92 Å². The van der Waals surface area contributed by atoms with Crippen molar-refractivity contribution in [1.82, 2.24) is 0 Å². The molecule has 1 aromatic rings. The van der Waals surface area contributed by atoms with Crippen LogP contribution in [0.5, 0.6) is 0 Å². The number of benzene rings is 1. The Balaban J connectivity index is 2.78. The van der Waals surface area contributed by atoms with E-state index in [-0.39, 0.29) is 5.91 Å². The highest BCUT2D eigenvalue weighted by Gasteiger charge is 2.17. The van der Waals surface area contributed by atoms with Gasteiger partial charge in [-0.3, -0.25) is 10.1 Å². The van der Waals surface area contributed by atoms with Crippen molar-refractivity contribution >= 4 is 23.4 Å². The molecule has 0 aliphatic carbocycles. The number of rotatable bonds is 2. The number of anilines is 2. The van der Waals surface area contributed by atoms with Gasteiger partial charge in [0.05, 0.1) is 11.4 Å². The van der Waals surface area contributed by atoms with Crippen LogP contribution in [0.2, 0.25) is 0 Å². The molecule has 0 aliphatic rings. The number of hydrogen-bond acceptors (Lipinski definition) is 3. The lowest BCUT2D eigenvalue weighted by molar-refractivity contribution is -0.114. The molecule has 98 valence electrons. The minimum absolute atomic E-state index is 0.201. The van der Waals surface area contributed by atoms with Gasteiger partial charge < -0.3 is 10.1 Å². The summed E-state index contributed by atoms with van der Waals surface area (Å²) in [6.45, 7) is 6.76. The smallest absolute Gasteiger partial charge is 0.412 e. The van der Waals surface area contributed by atoms with Gasteiger partial charge >= 0.3 is 6.09 Å². The maximum absolute atomic E-state index is 11.6. The van der Waals surface area contributed by atoms with Crippen LogP contribution in [0, 0.1) is 0 Å². The van der Waals surface area contributed by atoms with Gasteiger partial charge in [-0.15, -0.1) is 0 Å². The van der Waals surface area contributed by atoms with Gasteiger partial charge in [-0.1, -0.05) is 12.1 Å². The number of hydrogen-bond donors (Lipinski definition) is 2. The van der Waals surface area contributed by atoms with E-state index in [1.165, 1.54) is 6.92 Å². The van der Waals surface area contributed by atoms with Gasteiger partial charge in [0.15, 0.2) is 0 Å². The van der Waals surface area contributed by atoms with E-state index in [0.29, 0.717) is 11.4 Å². The Morgan fingerprint density at radius 3 is 2.00 bits per heavy atom. The topological polar surface area (TPSA) is 67.4 Å². The second-order valence-corrected chi connectivity index (χ2v) is 4.85. The maximum Gasteiger partial charge on any atom is 0.412 e. The summed E-state index contributed by atoms with van der Waals surface area (Å²) in [5, 5.41) is 5.23. The maximum atomic E-state index is 11.6. The molecule has 0 saturated carbocycles. The highest BCUT2D eigenvalue weighted by Crippen LogP contribution is 2.21. The van der Waals surface area contributed by atoms with Crippen LogP contribution in [0.3, 0.4) is 0 Å². The molecule has 0 saturated heterocycles. The molecule has 0 spiro atoms. The van der Waals surface area contributed by atoms with Gasteiger partial charge in [0.25, 0.3) is 0 Å². The Labute approximate surface area is 107 Å². The van der Waals surface area contributed by atoms with E-state index in [2.05, 4.69) is 10.6 Å². The van der Waals surface area contributed by atoms with E-state index in [0.717, 1.165) is 0 Å². The lowest BCUT2D eigenvalue weighted by Gasteiger charge is -2.20. The van der Waals surface area contributed by atoms with E-state index >= 15 is 0 Å². The fourth-order valence-electron chi connectivity index (χ4n) is 1.30. The molecule has 0 bridgehead atoms. The van der Waals surface area contributed by atoms with Crippen molar-refractivity contribution < 1.29 is 14.3 Å². The molecular formula is C13H18N2O3. The van der Waals surface area contributed by atoms with Crippen LogP contribution in [-0.4, -0.2) is 17.6 Å². The molecule has 18 heavy (non-hydrogen) atoms. The molecule has 2 N–H and O–H groups in total. The third kappa shape index (κ3) is 4.86. The third-order valence-electron chi connectivity index (χ3n) is 1.87. The SMILES string of the molecule is CC(=O)Nc1ccccc1NC(=O)OC(C)(C)C. The fourth-order valence-corrected chi connectivity index (χ4v) is 1.30. The molecule has 0 aliphatic heterocycles. The Morgan fingerprint density at radius 2 is 1.56 bits per heavy atom. The quantitative estimate of drug-likeness (QED) is 0.847. The predicted octanol–water partition coefficient (Wildman–Crippen LogP) is 2.99. The number of para-hydroxylation sites is 2. The summed E-state index contributed by atoms with van der Waals surface area (Å²) in [6, 6.07) is 6.92. The Morgan fingerprint density at radius 1 is 1.06 bits per heavy atom. The summed E-state index contributed by atoms with van der Waals surface area (Å²) in [5.41, 5.74) is 0.477. The number of carbonyl (C=O) groups excluding carboxylic acids is 2. The molecule has 5 heteroatoms. The van der Waals surface area contributed by atoms with Gasteiger partial charge in [0.1, 0.15) is 5.60 Å². The van der Waals surface area contributed by atoms with Crippen molar-refractivity contribution in [2.45, 2.75) is 33.3 Å². The Hall–Kier alpha value is -2.04. The van der Waals surface area contributed by atoms with Crippen LogP contribution in [0.1, 0.15) is 27.7 Å². The summed E-state index contributed by atoms with van der Waals surface area (Å²) >= 11 is 0. The molecule has 0 unspecified atom stereocenters. The van der Waals surface area contributed by atoms with Crippen LogP contribution in [0.15, 0.2) is 24.3 Å². The summed E-state index contributed by atoms with van der Waals surface area (Å²) < 4.78 is 5.14. The van der Waals surface area contributed by atoms with E-state index in [1.54, 1.807) is 45.0 Å². The highest BCUT2D eigenvalue weighted by atomic mass is 16.6. The van der Waals surface area contributed by atoms with Gasteiger partial charge in [-0.25, -0.2) is 4.79 Å². The van der Waals surface area contributed by atoms with E-state index in [4.69, 9.17) is 4.74 Å². The molecule has 0 atom stereocenters. The van der Waals surface area contributed by atoms with Crippen molar-refractivity contribution in [1.29, 1.82) is 0 Å². The first-order chi connectivity index (χ1) is 8.28. The monoisotopic (exact) mass is 250 g/mol. The van der Waals surface area contributed by atoms with Crippen LogP contribution in [0.25, 0.3) is 0 Å². The van der Waals surface area contributed by atoms with Gasteiger partial charge in [-0.05, 0) is 32.9 Å². The molecule has 0 aromatic heterocycles. The minimum Gasteiger partial charge on any atom is -0.444 e. The Kier molecular flexibility index (Phi) is 4.31. The first-order valence-corrected chi connectivity index (χ1v) is 5.64. The first kappa shape index (κ1) is 14.0. The zero-order chi connectivity index (χ0) is 13.8. The average molecular weight is 250 g/mol. The number of amides is 2. The normalized spacial score (nSPS) is 10.7. The van der Waals surface area contributed by atoms with Crippen molar-refractivity contribution in [2.24, 2.45) is 0 Å². The molecule has 0 radical (unpaired) electrons. The summed E-state index contributed by atoms with van der Waals surface area (Å²) in [4.78, 5) is 22.6. The molecule has 1 aromatic carbocycles. The Bertz CT molecular complexity index is 450. The van der Waals surface area contributed by atoms with Crippen molar-refractivity contribution in [3.05, 3.63) is 24.3 Å². The molecule has 0 fully saturated rings. The molecule has 2 amide bonds. The van der Waals surface area contributed by atoms with Crippen molar-refractivity contribution in [2.75, 3.05) is 10.6 Å². The van der Waals surface area contributed by atoms with Crippen LogP contribution in [-0.2, 0) is 9.53 Å². The van der Waals surface area contributed by atoms with E-state index in [1.807, 2.05) is 0 Å². The highest BCUT2D eigenvalue weighted by molar-refractivity contribution is 5.96. The summed E-state index contributed by atoms with van der Waals surface area (Å²) in [7, 11) is 0. The summed E-state index contributed by atoms with van der Waals surface area (Å²) in [5.74, 6) is -0.201. The molecule has 0 heterocycles. The van der Waals surface area contributed by atoms with Gasteiger partial charge in [-0.2, -0.15) is 0 Å². The van der Waals surface area contributed by atoms with E-state index < -0.39 is 11.7 Å². The second-order valence-electron chi connectivity index (χ2n) is 4.85.